The largest absolute Gasteiger partial charge is 0.354 e. The Hall–Kier alpha value is -2.57. The smallest absolute Gasteiger partial charge is 0.246 e. The van der Waals surface area contributed by atoms with Crippen molar-refractivity contribution in [3.63, 3.8) is 0 Å². The number of benzene rings is 1. The van der Waals surface area contributed by atoms with Gasteiger partial charge in [0.15, 0.2) is 5.96 Å². The minimum absolute atomic E-state index is 0.0456. The highest BCUT2D eigenvalue weighted by Gasteiger charge is 2.25. The number of hydrogen-bond donors (Lipinski definition) is 2. The Labute approximate surface area is 154 Å². The number of carbonyl (C=O) groups is 2. The summed E-state index contributed by atoms with van der Waals surface area (Å²) in [7, 11) is 1.70. The fourth-order valence-corrected chi connectivity index (χ4v) is 3.58. The van der Waals surface area contributed by atoms with Crippen LogP contribution in [0.1, 0.15) is 25.3 Å². The monoisotopic (exact) mass is 357 g/mol. The molecule has 0 aliphatic carbocycles. The van der Waals surface area contributed by atoms with Crippen LogP contribution in [-0.4, -0.2) is 61.9 Å². The third kappa shape index (κ3) is 4.15. The van der Waals surface area contributed by atoms with Crippen molar-refractivity contribution in [2.24, 2.45) is 4.99 Å². The molecule has 1 aromatic carbocycles. The van der Waals surface area contributed by atoms with E-state index in [0.717, 1.165) is 44.6 Å². The van der Waals surface area contributed by atoms with Gasteiger partial charge in [-0.05, 0) is 30.9 Å². The quantitative estimate of drug-likeness (QED) is 0.618. The molecule has 1 aromatic rings. The van der Waals surface area contributed by atoms with Crippen molar-refractivity contribution in [2.45, 2.75) is 32.2 Å². The zero-order valence-electron chi connectivity index (χ0n) is 15.5. The Kier molecular flexibility index (Phi) is 5.75. The maximum Gasteiger partial charge on any atom is 0.246 e. The molecular weight excluding hydrogens is 330 g/mol. The van der Waals surface area contributed by atoms with Crippen LogP contribution < -0.4 is 15.5 Å². The number of nitrogens with zero attached hydrogens (tertiary/aromatic N) is 3. The summed E-state index contributed by atoms with van der Waals surface area (Å²) < 4.78 is 0. The lowest BCUT2D eigenvalue weighted by Gasteiger charge is -2.32. The van der Waals surface area contributed by atoms with Gasteiger partial charge in [0.1, 0.15) is 0 Å². The van der Waals surface area contributed by atoms with Crippen LogP contribution in [0.2, 0.25) is 0 Å². The van der Waals surface area contributed by atoms with Crippen molar-refractivity contribution >= 4 is 23.5 Å². The van der Waals surface area contributed by atoms with Gasteiger partial charge in [-0.2, -0.15) is 0 Å². The van der Waals surface area contributed by atoms with Gasteiger partial charge in [0.25, 0.3) is 0 Å². The number of rotatable bonds is 3. The number of guanidine groups is 1. The Morgan fingerprint density at radius 2 is 1.92 bits per heavy atom. The third-order valence-electron chi connectivity index (χ3n) is 5.10. The van der Waals surface area contributed by atoms with Crippen LogP contribution in [-0.2, 0) is 16.0 Å². The van der Waals surface area contributed by atoms with Crippen molar-refractivity contribution in [1.82, 2.24) is 15.5 Å². The number of carbonyl (C=O) groups excluding carboxylic acids is 2. The van der Waals surface area contributed by atoms with E-state index < -0.39 is 0 Å². The normalized spacial score (nSPS) is 17.8. The second kappa shape index (κ2) is 8.21. The molecule has 0 bridgehead atoms. The molecule has 0 saturated carbocycles. The SMILES string of the molecule is CN=C(NCC(=O)N1CCc2ccccc21)NC1CCN(C(C)=O)CC1. The van der Waals surface area contributed by atoms with Crippen LogP contribution >= 0.6 is 0 Å². The minimum Gasteiger partial charge on any atom is -0.354 e. The average Bonchev–Trinajstić information content (AvgIpc) is 3.09. The van der Waals surface area contributed by atoms with Gasteiger partial charge in [-0.1, -0.05) is 18.2 Å². The maximum absolute atomic E-state index is 12.6. The predicted molar refractivity (Wildman–Crippen MR) is 102 cm³/mol. The summed E-state index contributed by atoms with van der Waals surface area (Å²) in [4.78, 5) is 31.9. The first kappa shape index (κ1) is 18.2. The Balaban J connectivity index is 1.48. The zero-order chi connectivity index (χ0) is 18.5. The summed E-state index contributed by atoms with van der Waals surface area (Å²) in [6.07, 6.45) is 2.67. The second-order valence-electron chi connectivity index (χ2n) is 6.77. The molecule has 2 amide bonds. The van der Waals surface area contributed by atoms with Gasteiger partial charge in [-0.15, -0.1) is 0 Å². The van der Waals surface area contributed by atoms with Crippen LogP contribution in [0, 0.1) is 0 Å². The molecule has 2 aliphatic heterocycles. The van der Waals surface area contributed by atoms with Gasteiger partial charge in [-0.25, -0.2) is 0 Å². The Morgan fingerprint density at radius 3 is 2.62 bits per heavy atom. The molecule has 3 rings (SSSR count). The molecule has 0 unspecified atom stereocenters. The van der Waals surface area contributed by atoms with Crippen LogP contribution in [0.25, 0.3) is 0 Å². The zero-order valence-corrected chi connectivity index (χ0v) is 15.5. The molecule has 7 nitrogen and oxygen atoms in total. The van der Waals surface area contributed by atoms with Gasteiger partial charge in [-0.3, -0.25) is 14.6 Å². The van der Waals surface area contributed by atoms with E-state index in [0.29, 0.717) is 5.96 Å². The van der Waals surface area contributed by atoms with Crippen molar-refractivity contribution in [2.75, 3.05) is 38.1 Å². The van der Waals surface area contributed by atoms with E-state index >= 15 is 0 Å². The summed E-state index contributed by atoms with van der Waals surface area (Å²) >= 11 is 0. The first-order chi connectivity index (χ1) is 12.6. The van der Waals surface area contributed by atoms with Crippen molar-refractivity contribution in [1.29, 1.82) is 0 Å². The highest BCUT2D eigenvalue weighted by molar-refractivity contribution is 5.98. The summed E-state index contributed by atoms with van der Waals surface area (Å²) in [5.41, 5.74) is 2.24. The van der Waals surface area contributed by atoms with E-state index in [4.69, 9.17) is 0 Å². The first-order valence-electron chi connectivity index (χ1n) is 9.19. The van der Waals surface area contributed by atoms with Crippen LogP contribution in [0.15, 0.2) is 29.3 Å². The molecule has 26 heavy (non-hydrogen) atoms. The molecule has 7 heteroatoms. The van der Waals surface area contributed by atoms with Crippen molar-refractivity contribution in [3.05, 3.63) is 29.8 Å². The molecule has 140 valence electrons. The second-order valence-corrected chi connectivity index (χ2v) is 6.77. The van der Waals surface area contributed by atoms with Crippen LogP contribution in [0.5, 0.6) is 0 Å². The van der Waals surface area contributed by atoms with E-state index in [1.807, 2.05) is 28.0 Å². The van der Waals surface area contributed by atoms with Gasteiger partial charge in [0.2, 0.25) is 11.8 Å². The molecule has 0 aromatic heterocycles. The molecule has 1 saturated heterocycles. The number of anilines is 1. The van der Waals surface area contributed by atoms with E-state index in [9.17, 15) is 9.59 Å². The van der Waals surface area contributed by atoms with E-state index in [1.165, 1.54) is 5.56 Å². The molecule has 2 N–H and O–H groups in total. The van der Waals surface area contributed by atoms with Crippen LogP contribution in [0.4, 0.5) is 5.69 Å². The third-order valence-corrected chi connectivity index (χ3v) is 5.10. The highest BCUT2D eigenvalue weighted by atomic mass is 16.2. The van der Waals surface area contributed by atoms with Gasteiger partial charge in [0.05, 0.1) is 6.54 Å². The molecular formula is C19H27N5O2. The predicted octanol–water partition coefficient (Wildman–Crippen LogP) is 0.752. The standard InChI is InChI=1S/C19H27N5O2/c1-14(25)23-10-8-16(9-11-23)22-19(20-2)21-13-18(26)24-12-7-15-5-3-4-6-17(15)24/h3-6,16H,7-13H2,1-2H3,(H2,20,21,22). The lowest BCUT2D eigenvalue weighted by atomic mass is 10.1. The summed E-state index contributed by atoms with van der Waals surface area (Å²) in [5, 5.41) is 6.49. The molecule has 0 spiro atoms. The molecule has 0 atom stereocenters. The van der Waals surface area contributed by atoms with E-state index in [1.54, 1.807) is 14.0 Å². The molecule has 1 fully saturated rings. The van der Waals surface area contributed by atoms with Crippen molar-refractivity contribution in [3.8, 4) is 0 Å². The number of aliphatic imine (C=N–C) groups is 1. The number of hydrogen-bond acceptors (Lipinski definition) is 3. The number of likely N-dealkylation sites (tertiary alicyclic amines) is 1. The first-order valence-corrected chi connectivity index (χ1v) is 9.19. The number of fused-ring (bicyclic) bond motifs is 1. The van der Waals surface area contributed by atoms with Gasteiger partial charge < -0.3 is 20.4 Å². The Morgan fingerprint density at radius 1 is 1.19 bits per heavy atom. The maximum atomic E-state index is 12.6. The fraction of sp³-hybridized carbons (Fsp3) is 0.526. The summed E-state index contributed by atoms with van der Waals surface area (Å²) in [5.74, 6) is 0.804. The Bertz CT molecular complexity index is 695. The van der Waals surface area contributed by atoms with Gasteiger partial charge in [0, 0.05) is 45.3 Å². The highest BCUT2D eigenvalue weighted by Crippen LogP contribution is 2.27. The molecule has 0 radical (unpaired) electrons. The number of nitrogens with one attached hydrogen (secondary N) is 2. The summed E-state index contributed by atoms with van der Waals surface area (Å²) in [6.45, 7) is 4.06. The topological polar surface area (TPSA) is 77.0 Å². The molecule has 2 heterocycles. The summed E-state index contributed by atoms with van der Waals surface area (Å²) in [6, 6.07) is 8.31. The lowest BCUT2D eigenvalue weighted by molar-refractivity contribution is -0.129. The number of amides is 2. The van der Waals surface area contributed by atoms with Gasteiger partial charge >= 0.3 is 0 Å². The van der Waals surface area contributed by atoms with Crippen LogP contribution in [0.3, 0.4) is 0 Å². The fourth-order valence-electron chi connectivity index (χ4n) is 3.58. The van der Waals surface area contributed by atoms with E-state index in [2.05, 4.69) is 21.7 Å². The minimum atomic E-state index is 0.0456. The average molecular weight is 357 g/mol. The number of piperidine rings is 1. The van der Waals surface area contributed by atoms with Crippen molar-refractivity contribution < 1.29 is 9.59 Å². The number of para-hydroxylation sites is 1. The lowest BCUT2D eigenvalue weighted by Crippen LogP contribution is -2.51. The van der Waals surface area contributed by atoms with E-state index in [-0.39, 0.29) is 24.4 Å². The molecule has 2 aliphatic rings.